The van der Waals surface area contributed by atoms with Crippen molar-refractivity contribution >= 4 is 5.97 Å². The lowest BCUT2D eigenvalue weighted by molar-refractivity contribution is -0.150. The Labute approximate surface area is 122 Å². The van der Waals surface area contributed by atoms with Crippen LogP contribution >= 0.6 is 0 Å². The molecule has 3 rings (SSSR count). The molecule has 2 saturated carbocycles. The summed E-state index contributed by atoms with van der Waals surface area (Å²) in [5.41, 5.74) is -0.190. The first kappa shape index (κ1) is 14.4. The Bertz CT molecular complexity index is 374. The summed E-state index contributed by atoms with van der Waals surface area (Å²) in [6.45, 7) is 4.45. The highest BCUT2D eigenvalue weighted by Crippen LogP contribution is 2.64. The average Bonchev–Trinajstić information content (AvgIpc) is 2.84. The van der Waals surface area contributed by atoms with Crippen molar-refractivity contribution in [2.24, 2.45) is 5.41 Å². The van der Waals surface area contributed by atoms with Crippen LogP contribution in [0.5, 0.6) is 0 Å². The molecule has 2 aliphatic carbocycles. The highest BCUT2D eigenvalue weighted by Gasteiger charge is 2.75. The van der Waals surface area contributed by atoms with E-state index in [1.54, 1.807) is 0 Å². The molecule has 1 unspecified atom stereocenters. The first-order valence-corrected chi connectivity index (χ1v) is 8.49. The summed E-state index contributed by atoms with van der Waals surface area (Å²) < 4.78 is 11.4. The number of carbonyl (C=O) groups is 1. The SMILES string of the molecule is CCCC1(C(=O)OCC)OC12CCC1(CCCC1)CC2. The number of epoxide rings is 1. The van der Waals surface area contributed by atoms with Gasteiger partial charge in [-0.3, -0.25) is 0 Å². The van der Waals surface area contributed by atoms with E-state index in [4.69, 9.17) is 9.47 Å². The van der Waals surface area contributed by atoms with Gasteiger partial charge in [0.1, 0.15) is 5.60 Å². The van der Waals surface area contributed by atoms with E-state index in [9.17, 15) is 4.79 Å². The molecular weight excluding hydrogens is 252 g/mol. The van der Waals surface area contributed by atoms with Gasteiger partial charge in [-0.05, 0) is 57.3 Å². The van der Waals surface area contributed by atoms with Gasteiger partial charge in [-0.25, -0.2) is 4.79 Å². The topological polar surface area (TPSA) is 38.8 Å². The second-order valence-corrected chi connectivity index (χ2v) is 7.10. The smallest absolute Gasteiger partial charge is 0.341 e. The van der Waals surface area contributed by atoms with Crippen molar-refractivity contribution < 1.29 is 14.3 Å². The first-order valence-electron chi connectivity index (χ1n) is 8.49. The van der Waals surface area contributed by atoms with Gasteiger partial charge >= 0.3 is 5.97 Å². The monoisotopic (exact) mass is 280 g/mol. The number of hydrogen-bond acceptors (Lipinski definition) is 3. The Morgan fingerprint density at radius 3 is 2.25 bits per heavy atom. The maximum Gasteiger partial charge on any atom is 0.341 e. The van der Waals surface area contributed by atoms with Crippen LogP contribution in [0.1, 0.15) is 78.1 Å². The van der Waals surface area contributed by atoms with Gasteiger partial charge in [-0.1, -0.05) is 26.2 Å². The third-order valence-electron chi connectivity index (χ3n) is 6.05. The summed E-state index contributed by atoms with van der Waals surface area (Å²) in [4.78, 5) is 12.4. The molecular formula is C17H28O3. The number of ether oxygens (including phenoxy) is 2. The molecule has 0 aromatic carbocycles. The van der Waals surface area contributed by atoms with E-state index in [0.717, 1.165) is 25.7 Å². The molecule has 3 heteroatoms. The van der Waals surface area contributed by atoms with E-state index in [1.165, 1.54) is 38.5 Å². The second-order valence-electron chi connectivity index (χ2n) is 7.10. The molecule has 20 heavy (non-hydrogen) atoms. The van der Waals surface area contributed by atoms with Gasteiger partial charge in [0.05, 0.1) is 6.61 Å². The number of hydrogen-bond donors (Lipinski definition) is 0. The fourth-order valence-corrected chi connectivity index (χ4v) is 4.83. The molecule has 0 amide bonds. The summed E-state index contributed by atoms with van der Waals surface area (Å²) in [7, 11) is 0. The Balaban J connectivity index is 1.70. The zero-order chi connectivity index (χ0) is 14.3. The van der Waals surface area contributed by atoms with Crippen LogP contribution < -0.4 is 0 Å². The molecule has 0 aromatic rings. The highest BCUT2D eigenvalue weighted by molar-refractivity contribution is 5.85. The summed E-state index contributed by atoms with van der Waals surface area (Å²) in [5, 5.41) is 0. The van der Waals surface area contributed by atoms with E-state index >= 15 is 0 Å². The van der Waals surface area contributed by atoms with Crippen molar-refractivity contribution in [2.45, 2.75) is 89.3 Å². The Hall–Kier alpha value is -0.570. The van der Waals surface area contributed by atoms with Gasteiger partial charge in [0, 0.05) is 0 Å². The van der Waals surface area contributed by atoms with Crippen LogP contribution in [0.25, 0.3) is 0 Å². The molecule has 3 aliphatic rings. The summed E-state index contributed by atoms with van der Waals surface area (Å²) >= 11 is 0. The molecule has 114 valence electrons. The van der Waals surface area contributed by atoms with E-state index in [1.807, 2.05) is 6.92 Å². The number of rotatable bonds is 4. The molecule has 0 N–H and O–H groups in total. The molecule has 2 spiro atoms. The standard InChI is InChI=1S/C17H28O3/c1-3-7-17(14(18)19-4-2)16(20-17)12-10-15(11-13-16)8-5-6-9-15/h3-13H2,1-2H3. The average molecular weight is 280 g/mol. The number of esters is 1. The van der Waals surface area contributed by atoms with Gasteiger partial charge in [-0.15, -0.1) is 0 Å². The summed E-state index contributed by atoms with van der Waals surface area (Å²) in [6, 6.07) is 0. The summed E-state index contributed by atoms with van der Waals surface area (Å²) in [6.07, 6.45) is 12.0. The quantitative estimate of drug-likeness (QED) is 0.577. The Morgan fingerprint density at radius 2 is 1.70 bits per heavy atom. The minimum Gasteiger partial charge on any atom is -0.464 e. The Kier molecular flexibility index (Phi) is 3.60. The minimum absolute atomic E-state index is 0.107. The predicted octanol–water partition coefficient (Wildman–Crippen LogP) is 3.99. The van der Waals surface area contributed by atoms with E-state index in [2.05, 4.69) is 6.92 Å². The van der Waals surface area contributed by atoms with Crippen LogP contribution in [0.3, 0.4) is 0 Å². The van der Waals surface area contributed by atoms with Crippen LogP contribution in [0.15, 0.2) is 0 Å². The van der Waals surface area contributed by atoms with Crippen molar-refractivity contribution in [1.29, 1.82) is 0 Å². The minimum atomic E-state index is -0.599. The molecule has 0 bridgehead atoms. The molecule has 1 heterocycles. The molecule has 3 fully saturated rings. The normalized spacial score (nSPS) is 33.5. The van der Waals surface area contributed by atoms with Crippen LogP contribution in [-0.2, 0) is 14.3 Å². The fourth-order valence-electron chi connectivity index (χ4n) is 4.83. The van der Waals surface area contributed by atoms with Crippen LogP contribution in [-0.4, -0.2) is 23.8 Å². The first-order chi connectivity index (χ1) is 9.62. The molecule has 1 saturated heterocycles. The van der Waals surface area contributed by atoms with Crippen molar-refractivity contribution in [3.63, 3.8) is 0 Å². The maximum absolute atomic E-state index is 12.4. The fraction of sp³-hybridized carbons (Fsp3) is 0.941. The molecule has 0 radical (unpaired) electrons. The summed E-state index contributed by atoms with van der Waals surface area (Å²) in [5.74, 6) is -0.107. The lowest BCUT2D eigenvalue weighted by atomic mass is 9.66. The lowest BCUT2D eigenvalue weighted by Crippen LogP contribution is -2.40. The van der Waals surface area contributed by atoms with Gasteiger partial charge < -0.3 is 9.47 Å². The van der Waals surface area contributed by atoms with E-state index in [-0.39, 0.29) is 11.6 Å². The van der Waals surface area contributed by atoms with E-state index < -0.39 is 5.60 Å². The van der Waals surface area contributed by atoms with Crippen molar-refractivity contribution in [1.82, 2.24) is 0 Å². The largest absolute Gasteiger partial charge is 0.464 e. The van der Waals surface area contributed by atoms with Crippen molar-refractivity contribution in [2.75, 3.05) is 6.61 Å². The highest BCUT2D eigenvalue weighted by atomic mass is 16.7. The second kappa shape index (κ2) is 5.01. The molecule has 1 atom stereocenters. The van der Waals surface area contributed by atoms with Gasteiger partial charge in [0.25, 0.3) is 0 Å². The van der Waals surface area contributed by atoms with E-state index in [0.29, 0.717) is 12.0 Å². The third kappa shape index (κ3) is 2.01. The lowest BCUT2D eigenvalue weighted by Gasteiger charge is -2.37. The van der Waals surface area contributed by atoms with Crippen LogP contribution in [0.2, 0.25) is 0 Å². The maximum atomic E-state index is 12.4. The van der Waals surface area contributed by atoms with Crippen LogP contribution in [0, 0.1) is 5.41 Å². The molecule has 3 nitrogen and oxygen atoms in total. The van der Waals surface area contributed by atoms with Gasteiger partial charge in [0.2, 0.25) is 0 Å². The zero-order valence-electron chi connectivity index (χ0n) is 13.0. The van der Waals surface area contributed by atoms with Gasteiger partial charge in [0.15, 0.2) is 5.60 Å². The van der Waals surface area contributed by atoms with Gasteiger partial charge in [-0.2, -0.15) is 0 Å². The molecule has 1 aliphatic heterocycles. The molecule has 0 aromatic heterocycles. The van der Waals surface area contributed by atoms with Crippen LogP contribution in [0.4, 0.5) is 0 Å². The Morgan fingerprint density at radius 1 is 1.05 bits per heavy atom. The zero-order valence-corrected chi connectivity index (χ0v) is 13.0. The number of carbonyl (C=O) groups excluding carboxylic acids is 1. The van der Waals surface area contributed by atoms with Crippen molar-refractivity contribution in [3.05, 3.63) is 0 Å². The third-order valence-corrected chi connectivity index (χ3v) is 6.05. The van der Waals surface area contributed by atoms with Crippen molar-refractivity contribution in [3.8, 4) is 0 Å². The predicted molar refractivity (Wildman–Crippen MR) is 77.5 cm³/mol.